The van der Waals surface area contributed by atoms with Crippen LogP contribution in [-0.2, 0) is 6.54 Å². The minimum absolute atomic E-state index is 0.769. The molecule has 98 valence electrons. The lowest BCUT2D eigenvalue weighted by Crippen LogP contribution is -2.16. The van der Waals surface area contributed by atoms with Gasteiger partial charge in [-0.3, -0.25) is 4.79 Å². The maximum absolute atomic E-state index is 10.8. The molecule has 0 spiro atoms. The molecule has 0 N–H and O–H groups in total. The zero-order valence-electron chi connectivity index (χ0n) is 11.1. The Labute approximate surface area is 113 Å². The quantitative estimate of drug-likeness (QED) is 0.761. The second-order valence-corrected chi connectivity index (χ2v) is 6.34. The van der Waals surface area contributed by atoms with Crippen LogP contribution < -0.4 is 0 Å². The van der Waals surface area contributed by atoms with Gasteiger partial charge in [0.1, 0.15) is 6.29 Å². The lowest BCUT2D eigenvalue weighted by Gasteiger charge is -2.22. The number of aldehydes is 1. The molecule has 2 aliphatic carbocycles. The van der Waals surface area contributed by atoms with Gasteiger partial charge in [-0.05, 0) is 61.3 Å². The third-order valence-corrected chi connectivity index (χ3v) is 5.25. The molecule has 2 fully saturated rings. The highest BCUT2D eigenvalue weighted by atomic mass is 16.1. The largest absolute Gasteiger partial charge is 0.347 e. The molecule has 1 aromatic heterocycles. The zero-order chi connectivity index (χ0) is 12.8. The molecule has 2 nitrogen and oxygen atoms in total. The summed E-state index contributed by atoms with van der Waals surface area (Å²) in [5.41, 5.74) is 2.04. The summed E-state index contributed by atoms with van der Waals surface area (Å²) in [6, 6.07) is 8.13. The minimum Gasteiger partial charge on any atom is -0.347 e. The van der Waals surface area contributed by atoms with Gasteiger partial charge in [-0.15, -0.1) is 0 Å². The minimum atomic E-state index is 0.769. The van der Waals surface area contributed by atoms with Crippen molar-refractivity contribution < 1.29 is 4.79 Å². The Morgan fingerprint density at radius 2 is 2.16 bits per heavy atom. The second kappa shape index (κ2) is 4.22. The van der Waals surface area contributed by atoms with Crippen LogP contribution in [0, 0.1) is 17.8 Å². The first kappa shape index (κ1) is 11.3. The van der Waals surface area contributed by atoms with Gasteiger partial charge in [-0.25, -0.2) is 0 Å². The van der Waals surface area contributed by atoms with Gasteiger partial charge >= 0.3 is 0 Å². The molecule has 3 unspecified atom stereocenters. The van der Waals surface area contributed by atoms with Gasteiger partial charge in [0.2, 0.25) is 0 Å². The van der Waals surface area contributed by atoms with Gasteiger partial charge in [0.25, 0.3) is 0 Å². The van der Waals surface area contributed by atoms with Crippen LogP contribution in [0.3, 0.4) is 0 Å². The van der Waals surface area contributed by atoms with E-state index in [0.29, 0.717) is 0 Å². The van der Waals surface area contributed by atoms with Gasteiger partial charge in [0, 0.05) is 29.2 Å². The molecule has 2 bridgehead atoms. The van der Waals surface area contributed by atoms with Crippen molar-refractivity contribution in [2.75, 3.05) is 0 Å². The Morgan fingerprint density at radius 1 is 1.21 bits per heavy atom. The third-order valence-electron chi connectivity index (χ3n) is 5.25. The molecule has 4 rings (SSSR count). The number of hydrogen-bond acceptors (Lipinski definition) is 1. The van der Waals surface area contributed by atoms with Crippen molar-refractivity contribution in [3.05, 3.63) is 36.0 Å². The molecule has 2 saturated carbocycles. The summed E-state index contributed by atoms with van der Waals surface area (Å²) in [6.45, 7) is 1.16. The Hall–Kier alpha value is -1.57. The van der Waals surface area contributed by atoms with Crippen molar-refractivity contribution in [3.63, 3.8) is 0 Å². The summed E-state index contributed by atoms with van der Waals surface area (Å²) in [7, 11) is 0. The third kappa shape index (κ3) is 1.81. The predicted molar refractivity (Wildman–Crippen MR) is 76.3 cm³/mol. The van der Waals surface area contributed by atoms with E-state index in [0.717, 1.165) is 36.1 Å². The SMILES string of the molecule is O=Cc1ccc2c(ccn2CC2CC3CCC2C3)c1. The normalized spacial score (nSPS) is 29.2. The molecule has 19 heavy (non-hydrogen) atoms. The highest BCUT2D eigenvalue weighted by molar-refractivity contribution is 5.87. The highest BCUT2D eigenvalue weighted by Crippen LogP contribution is 2.49. The van der Waals surface area contributed by atoms with Crippen LogP contribution in [0.1, 0.15) is 36.0 Å². The van der Waals surface area contributed by atoms with Crippen molar-refractivity contribution in [2.24, 2.45) is 17.8 Å². The molecule has 2 heteroatoms. The van der Waals surface area contributed by atoms with E-state index in [1.54, 1.807) is 0 Å². The van der Waals surface area contributed by atoms with Gasteiger partial charge in [-0.2, -0.15) is 0 Å². The van der Waals surface area contributed by atoms with Crippen molar-refractivity contribution in [1.82, 2.24) is 4.57 Å². The molecule has 1 heterocycles. The summed E-state index contributed by atoms with van der Waals surface area (Å²) in [5, 5.41) is 1.19. The molecule has 1 aromatic carbocycles. The molecular formula is C17H19NO. The van der Waals surface area contributed by atoms with Gasteiger partial charge < -0.3 is 4.57 Å². The standard InChI is InChI=1S/C17H19NO/c19-11-13-2-4-17-15(9-13)5-6-18(17)10-16-8-12-1-3-14(16)7-12/h2,4-6,9,11-12,14,16H,1,3,7-8,10H2. The summed E-state index contributed by atoms with van der Waals surface area (Å²) >= 11 is 0. The van der Waals surface area contributed by atoms with E-state index < -0.39 is 0 Å². The summed E-state index contributed by atoms with van der Waals surface area (Å²) in [5.74, 6) is 2.86. The molecule has 0 amide bonds. The van der Waals surface area contributed by atoms with E-state index in [9.17, 15) is 4.79 Å². The van der Waals surface area contributed by atoms with E-state index in [1.807, 2.05) is 12.1 Å². The van der Waals surface area contributed by atoms with Crippen molar-refractivity contribution in [1.29, 1.82) is 0 Å². The number of carbonyl (C=O) groups excluding carboxylic acids is 1. The summed E-state index contributed by atoms with van der Waals surface area (Å²) < 4.78 is 2.38. The Morgan fingerprint density at radius 3 is 2.89 bits per heavy atom. The predicted octanol–water partition coefficient (Wildman–Crippen LogP) is 3.89. The first-order chi connectivity index (χ1) is 9.33. The second-order valence-electron chi connectivity index (χ2n) is 6.34. The summed E-state index contributed by atoms with van der Waals surface area (Å²) in [6.07, 6.45) is 8.92. The van der Waals surface area contributed by atoms with Crippen LogP contribution in [-0.4, -0.2) is 10.9 Å². The monoisotopic (exact) mass is 253 g/mol. The average Bonchev–Trinajstić information content (AvgIpc) is 3.14. The number of aromatic nitrogens is 1. The molecule has 2 aliphatic rings. The van der Waals surface area contributed by atoms with E-state index >= 15 is 0 Å². The highest BCUT2D eigenvalue weighted by Gasteiger charge is 2.39. The fourth-order valence-corrected chi connectivity index (χ4v) is 4.30. The van der Waals surface area contributed by atoms with E-state index in [4.69, 9.17) is 0 Å². The molecular weight excluding hydrogens is 234 g/mol. The van der Waals surface area contributed by atoms with Crippen LogP contribution in [0.4, 0.5) is 0 Å². The molecule has 0 aliphatic heterocycles. The number of hydrogen-bond donors (Lipinski definition) is 0. The number of rotatable bonds is 3. The molecule has 0 saturated heterocycles. The zero-order valence-corrected chi connectivity index (χ0v) is 11.1. The van der Waals surface area contributed by atoms with Gasteiger partial charge in [0.15, 0.2) is 0 Å². The fraction of sp³-hybridized carbons (Fsp3) is 0.471. The molecule has 3 atom stereocenters. The van der Waals surface area contributed by atoms with Gasteiger partial charge in [-0.1, -0.05) is 6.42 Å². The maximum atomic E-state index is 10.8. The average molecular weight is 253 g/mol. The fourth-order valence-electron chi connectivity index (χ4n) is 4.30. The Bertz CT molecular complexity index is 627. The lowest BCUT2D eigenvalue weighted by atomic mass is 9.89. The Balaban J connectivity index is 1.63. The topological polar surface area (TPSA) is 22.0 Å². The molecule has 0 radical (unpaired) electrons. The van der Waals surface area contributed by atoms with E-state index in [2.05, 4.69) is 22.9 Å². The number of carbonyl (C=O) groups is 1. The first-order valence-electron chi connectivity index (χ1n) is 7.37. The number of fused-ring (bicyclic) bond motifs is 3. The molecule has 2 aromatic rings. The first-order valence-corrected chi connectivity index (χ1v) is 7.37. The van der Waals surface area contributed by atoms with Crippen molar-refractivity contribution >= 4 is 17.2 Å². The van der Waals surface area contributed by atoms with Crippen LogP contribution in [0.2, 0.25) is 0 Å². The van der Waals surface area contributed by atoms with Crippen molar-refractivity contribution in [2.45, 2.75) is 32.2 Å². The Kier molecular flexibility index (Phi) is 2.51. The number of benzene rings is 1. The van der Waals surface area contributed by atoms with Gasteiger partial charge in [0.05, 0.1) is 0 Å². The van der Waals surface area contributed by atoms with Crippen LogP contribution in [0.5, 0.6) is 0 Å². The summed E-state index contributed by atoms with van der Waals surface area (Å²) in [4.78, 5) is 10.8. The van der Waals surface area contributed by atoms with E-state index in [1.165, 1.54) is 36.6 Å². The van der Waals surface area contributed by atoms with Crippen molar-refractivity contribution in [3.8, 4) is 0 Å². The maximum Gasteiger partial charge on any atom is 0.150 e. The van der Waals surface area contributed by atoms with Crippen LogP contribution in [0.25, 0.3) is 10.9 Å². The van der Waals surface area contributed by atoms with E-state index in [-0.39, 0.29) is 0 Å². The smallest absolute Gasteiger partial charge is 0.150 e. The number of nitrogens with zero attached hydrogens (tertiary/aromatic N) is 1. The van der Waals surface area contributed by atoms with Crippen LogP contribution in [0.15, 0.2) is 30.5 Å². The lowest BCUT2D eigenvalue weighted by molar-refractivity contribution is 0.112. The van der Waals surface area contributed by atoms with Crippen LogP contribution >= 0.6 is 0 Å².